The Morgan fingerprint density at radius 2 is 1.83 bits per heavy atom. The molecule has 5 rings (SSSR count). The quantitative estimate of drug-likeness (QED) is 0.497. The van der Waals surface area contributed by atoms with Gasteiger partial charge in [0.25, 0.3) is 0 Å². The number of aromatic nitrogens is 4. The number of nitrogens with zero attached hydrogens (tertiary/aromatic N) is 4. The van der Waals surface area contributed by atoms with Crippen molar-refractivity contribution in [3.63, 3.8) is 0 Å². The Bertz CT molecular complexity index is 1350. The molecule has 1 aliphatic rings. The molecule has 0 fully saturated rings. The van der Waals surface area contributed by atoms with Crippen LogP contribution >= 0.6 is 23.2 Å². The maximum Gasteiger partial charge on any atom is 0.355 e. The first-order valence-electron chi connectivity index (χ1n) is 8.97. The van der Waals surface area contributed by atoms with Crippen LogP contribution in [0.1, 0.15) is 11.1 Å². The molecule has 0 spiro atoms. The topological polar surface area (TPSA) is 108 Å². The third kappa shape index (κ3) is 3.15. The highest BCUT2D eigenvalue weighted by Crippen LogP contribution is 2.31. The van der Waals surface area contributed by atoms with Crippen molar-refractivity contribution < 1.29 is 4.74 Å². The van der Waals surface area contributed by atoms with Crippen molar-refractivity contribution in [1.82, 2.24) is 19.5 Å². The molecular weight excluding hydrogens is 427 g/mol. The number of ether oxygens (including phenoxy) is 1. The highest BCUT2D eigenvalue weighted by Gasteiger charge is 2.17. The van der Waals surface area contributed by atoms with E-state index in [4.69, 9.17) is 33.7 Å². The summed E-state index contributed by atoms with van der Waals surface area (Å²) in [5.41, 5.74) is 9.11. The largest absolute Gasteiger partial charge is 0.384 e. The molecule has 3 N–H and O–H groups in total. The Kier molecular flexibility index (Phi) is 4.54. The Morgan fingerprint density at radius 3 is 2.63 bits per heavy atom. The summed E-state index contributed by atoms with van der Waals surface area (Å²) in [5, 5.41) is 4.07. The van der Waals surface area contributed by atoms with Crippen LogP contribution in [0.15, 0.2) is 47.4 Å². The number of nitrogens with two attached hydrogens (primary N) is 1. The number of nitrogen functional groups attached to an aromatic ring is 1. The lowest BCUT2D eigenvalue weighted by Crippen LogP contribution is -2.25. The molecule has 1 aliphatic heterocycles. The number of anilines is 3. The normalized spacial score (nSPS) is 12.9. The smallest absolute Gasteiger partial charge is 0.355 e. The average Bonchev–Trinajstić information content (AvgIpc) is 3.18. The highest BCUT2D eigenvalue weighted by molar-refractivity contribution is 6.37. The lowest BCUT2D eigenvalue weighted by molar-refractivity contribution is 0.134. The van der Waals surface area contributed by atoms with Crippen LogP contribution < -0.4 is 16.7 Å². The maximum atomic E-state index is 12.7. The molecule has 3 heterocycles. The van der Waals surface area contributed by atoms with Gasteiger partial charge in [0.15, 0.2) is 5.65 Å². The van der Waals surface area contributed by atoms with Crippen molar-refractivity contribution in [2.75, 3.05) is 11.1 Å². The van der Waals surface area contributed by atoms with E-state index in [1.807, 2.05) is 18.2 Å². The van der Waals surface area contributed by atoms with E-state index in [9.17, 15) is 4.79 Å². The molecule has 2 aromatic carbocycles. The van der Waals surface area contributed by atoms with E-state index in [2.05, 4.69) is 20.3 Å². The van der Waals surface area contributed by atoms with Crippen molar-refractivity contribution in [1.29, 1.82) is 0 Å². The van der Waals surface area contributed by atoms with Gasteiger partial charge >= 0.3 is 5.69 Å². The van der Waals surface area contributed by atoms with Crippen LogP contribution in [0.2, 0.25) is 10.0 Å². The van der Waals surface area contributed by atoms with Gasteiger partial charge in [-0.3, -0.25) is 0 Å². The van der Waals surface area contributed by atoms with Crippen LogP contribution in [0.5, 0.6) is 0 Å². The first kappa shape index (κ1) is 18.8. The third-order valence-corrected chi connectivity index (χ3v) is 5.43. The number of rotatable bonds is 3. The molecule has 150 valence electrons. The average molecular weight is 441 g/mol. The molecule has 0 unspecified atom stereocenters. The van der Waals surface area contributed by atoms with E-state index < -0.39 is 5.69 Å². The summed E-state index contributed by atoms with van der Waals surface area (Å²) in [4.78, 5) is 25.4. The zero-order chi connectivity index (χ0) is 20.8. The predicted octanol–water partition coefficient (Wildman–Crippen LogP) is 3.84. The zero-order valence-corrected chi connectivity index (χ0v) is 16.9. The van der Waals surface area contributed by atoms with Crippen LogP contribution in [-0.2, 0) is 18.0 Å². The van der Waals surface area contributed by atoms with Gasteiger partial charge in [-0.15, -0.1) is 0 Å². The minimum atomic E-state index is -0.644. The van der Waals surface area contributed by atoms with Crippen LogP contribution in [0.4, 0.5) is 17.5 Å². The number of hydrogen-bond acceptors (Lipinski definition) is 7. The van der Waals surface area contributed by atoms with Gasteiger partial charge in [0, 0.05) is 11.9 Å². The predicted molar refractivity (Wildman–Crippen MR) is 116 cm³/mol. The molecule has 8 nitrogen and oxygen atoms in total. The summed E-state index contributed by atoms with van der Waals surface area (Å²) in [6.07, 6.45) is 1.50. The summed E-state index contributed by atoms with van der Waals surface area (Å²) in [7, 11) is 0. The Morgan fingerprint density at radius 1 is 1.07 bits per heavy atom. The van der Waals surface area contributed by atoms with Crippen molar-refractivity contribution >= 4 is 51.7 Å². The molecule has 4 aromatic rings. The molecule has 2 aromatic heterocycles. The van der Waals surface area contributed by atoms with Gasteiger partial charge in [0.05, 0.1) is 34.3 Å². The van der Waals surface area contributed by atoms with Crippen LogP contribution in [-0.4, -0.2) is 19.5 Å². The second kappa shape index (κ2) is 7.24. The minimum absolute atomic E-state index is 0.0984. The molecule has 0 amide bonds. The van der Waals surface area contributed by atoms with E-state index in [0.717, 1.165) is 21.4 Å². The van der Waals surface area contributed by atoms with E-state index >= 15 is 0 Å². The van der Waals surface area contributed by atoms with Crippen LogP contribution in [0.3, 0.4) is 0 Å². The van der Waals surface area contributed by atoms with Gasteiger partial charge < -0.3 is 15.8 Å². The van der Waals surface area contributed by atoms with E-state index in [1.54, 1.807) is 18.2 Å². The number of fused-ring (bicyclic) bond motifs is 2. The summed E-state index contributed by atoms with van der Waals surface area (Å²) in [6, 6.07) is 10.8. The third-order valence-electron chi connectivity index (χ3n) is 4.82. The molecule has 10 heteroatoms. The van der Waals surface area contributed by atoms with Crippen molar-refractivity contribution in [3.8, 4) is 5.69 Å². The summed E-state index contributed by atoms with van der Waals surface area (Å²) < 4.78 is 6.59. The first-order valence-corrected chi connectivity index (χ1v) is 9.73. The van der Waals surface area contributed by atoms with Crippen LogP contribution in [0, 0.1) is 0 Å². The standard InChI is InChI=1S/C20H14Cl2N6O2/c21-14-2-1-3-15(22)16(14)28-17(23)13-7-24-19(26-18(13)27-20(28)29)25-12-5-4-10-8-30-9-11(10)6-12/h1-7H,8-9,23H2,(H,25,26,27,29). The second-order valence-corrected chi connectivity index (χ2v) is 7.53. The Labute approximate surface area is 180 Å². The van der Waals surface area contributed by atoms with E-state index in [1.165, 1.54) is 6.20 Å². The summed E-state index contributed by atoms with van der Waals surface area (Å²) in [6.45, 7) is 1.19. The number of para-hydroxylation sites is 1. The van der Waals surface area contributed by atoms with E-state index in [-0.39, 0.29) is 27.2 Å². The lowest BCUT2D eigenvalue weighted by Gasteiger charge is -2.14. The van der Waals surface area contributed by atoms with Gasteiger partial charge in [0.2, 0.25) is 5.95 Å². The lowest BCUT2D eigenvalue weighted by atomic mass is 10.1. The van der Waals surface area contributed by atoms with Gasteiger partial charge in [-0.05, 0) is 35.4 Å². The number of benzene rings is 2. The highest BCUT2D eigenvalue weighted by atomic mass is 35.5. The Balaban J connectivity index is 1.57. The fourth-order valence-electron chi connectivity index (χ4n) is 3.36. The maximum absolute atomic E-state index is 12.7. The fourth-order valence-corrected chi connectivity index (χ4v) is 3.93. The first-order chi connectivity index (χ1) is 14.5. The van der Waals surface area contributed by atoms with Gasteiger partial charge in [-0.25, -0.2) is 14.3 Å². The number of hydrogen-bond donors (Lipinski definition) is 2. The molecule has 30 heavy (non-hydrogen) atoms. The van der Waals surface area contributed by atoms with Gasteiger partial charge in [-0.1, -0.05) is 35.3 Å². The molecule has 0 bridgehead atoms. The monoisotopic (exact) mass is 440 g/mol. The molecule has 0 atom stereocenters. The fraction of sp³-hybridized carbons (Fsp3) is 0.100. The zero-order valence-electron chi connectivity index (χ0n) is 15.4. The van der Waals surface area contributed by atoms with Crippen LogP contribution in [0.25, 0.3) is 16.7 Å². The molecule has 0 saturated heterocycles. The molecule has 0 aliphatic carbocycles. The molecule has 0 saturated carbocycles. The molecular formula is C20H14Cl2N6O2. The summed E-state index contributed by atoms with van der Waals surface area (Å²) in [5.74, 6) is 0.391. The second-order valence-electron chi connectivity index (χ2n) is 6.72. The number of nitrogens with one attached hydrogen (secondary N) is 1. The molecule has 0 radical (unpaired) electrons. The Hall–Kier alpha value is -3.20. The summed E-state index contributed by atoms with van der Waals surface area (Å²) >= 11 is 12.5. The van der Waals surface area contributed by atoms with Crippen molar-refractivity contribution in [2.45, 2.75) is 13.2 Å². The van der Waals surface area contributed by atoms with Gasteiger partial charge in [-0.2, -0.15) is 9.97 Å². The van der Waals surface area contributed by atoms with Crippen molar-refractivity contribution in [3.05, 3.63) is 74.3 Å². The van der Waals surface area contributed by atoms with E-state index in [0.29, 0.717) is 24.5 Å². The van der Waals surface area contributed by atoms with Gasteiger partial charge in [0.1, 0.15) is 5.82 Å². The minimum Gasteiger partial charge on any atom is -0.384 e. The van der Waals surface area contributed by atoms with Crippen molar-refractivity contribution in [2.24, 2.45) is 0 Å². The SMILES string of the molecule is Nc1c2cnc(Nc3ccc4c(c3)COC4)nc2nc(=O)n1-c1c(Cl)cccc1Cl. The number of halogens is 2.